The van der Waals surface area contributed by atoms with Gasteiger partial charge in [-0.1, -0.05) is 0 Å². The monoisotopic (exact) mass is 391 g/mol. The Morgan fingerprint density at radius 3 is 2.50 bits per heavy atom. The van der Waals surface area contributed by atoms with Gasteiger partial charge in [0.25, 0.3) is 11.8 Å². The van der Waals surface area contributed by atoms with Gasteiger partial charge in [0.05, 0.1) is 5.69 Å². The van der Waals surface area contributed by atoms with Gasteiger partial charge in [0.15, 0.2) is 11.4 Å². The van der Waals surface area contributed by atoms with Crippen LogP contribution in [0.5, 0.6) is 11.8 Å². The summed E-state index contributed by atoms with van der Waals surface area (Å²) >= 11 is 0. The van der Waals surface area contributed by atoms with Crippen molar-refractivity contribution in [1.82, 2.24) is 15.1 Å². The number of nitrogens with zero attached hydrogens (tertiary/aromatic N) is 3. The van der Waals surface area contributed by atoms with Gasteiger partial charge in [-0.05, 0) is 23.4 Å². The van der Waals surface area contributed by atoms with E-state index in [1.165, 1.54) is 24.4 Å². The van der Waals surface area contributed by atoms with Crippen LogP contribution in [0.25, 0.3) is 11.3 Å². The zero-order valence-corrected chi connectivity index (χ0v) is 14.8. The van der Waals surface area contributed by atoms with Crippen molar-refractivity contribution < 1.29 is 27.5 Å². The van der Waals surface area contributed by atoms with Crippen LogP contribution >= 0.6 is 0 Å². The lowest BCUT2D eigenvalue weighted by Gasteiger charge is -2.40. The molecule has 146 valence electrons. The van der Waals surface area contributed by atoms with Crippen LogP contribution in [0, 0.1) is 0 Å². The van der Waals surface area contributed by atoms with Gasteiger partial charge in [0.2, 0.25) is 5.88 Å². The summed E-state index contributed by atoms with van der Waals surface area (Å²) in [6.45, 7) is 0.769. The molecule has 0 atom stereocenters. The van der Waals surface area contributed by atoms with Crippen molar-refractivity contribution in [2.45, 2.75) is 37.5 Å². The first-order valence-corrected chi connectivity index (χ1v) is 8.55. The summed E-state index contributed by atoms with van der Waals surface area (Å²) in [7, 11) is 0. The van der Waals surface area contributed by atoms with E-state index in [9.17, 15) is 18.3 Å². The van der Waals surface area contributed by atoms with E-state index in [0.29, 0.717) is 17.2 Å². The average molecular weight is 391 g/mol. The number of aromatic hydroxyl groups is 1. The second-order valence-corrected chi connectivity index (χ2v) is 6.87. The Labute approximate surface area is 158 Å². The maximum absolute atomic E-state index is 14.9. The summed E-state index contributed by atoms with van der Waals surface area (Å²) in [5.41, 5.74) is -1.24. The van der Waals surface area contributed by atoms with Crippen molar-refractivity contribution in [3.63, 3.8) is 0 Å². The highest BCUT2D eigenvalue weighted by Gasteiger charge is 2.49. The third kappa shape index (κ3) is 3.51. The highest BCUT2D eigenvalue weighted by atomic mass is 19.3. The molecule has 3 aromatic rings. The maximum atomic E-state index is 14.9. The van der Waals surface area contributed by atoms with Crippen LogP contribution in [0.4, 0.5) is 13.2 Å². The van der Waals surface area contributed by atoms with Crippen LogP contribution in [0.3, 0.4) is 0 Å². The molecular weight excluding hydrogens is 375 g/mol. The molecule has 0 amide bonds. The standard InChI is InChI=1S/C19H16F3N3O3/c1-18(20,21)12-3-4-15(23-10-12)19(22)7-13(8-19)27-17-5-2-11(9-24-17)14-6-16(26)25-28-14/h2-6,9-10,13H,7-8H2,1H3,(H,25,26)/t13-,19-. The molecule has 0 aromatic carbocycles. The Bertz CT molecular complexity index is 963. The van der Waals surface area contributed by atoms with E-state index in [1.807, 2.05) is 0 Å². The normalized spacial score (nSPS) is 21.9. The zero-order valence-electron chi connectivity index (χ0n) is 14.8. The Morgan fingerprint density at radius 1 is 1.18 bits per heavy atom. The number of halogens is 3. The molecule has 4 rings (SSSR count). The maximum Gasteiger partial charge on any atom is 0.272 e. The molecule has 3 aromatic heterocycles. The van der Waals surface area contributed by atoms with Gasteiger partial charge in [0.1, 0.15) is 6.10 Å². The fourth-order valence-corrected chi connectivity index (χ4v) is 3.04. The molecule has 1 aliphatic carbocycles. The fourth-order valence-electron chi connectivity index (χ4n) is 3.04. The molecule has 6 nitrogen and oxygen atoms in total. The third-order valence-corrected chi connectivity index (χ3v) is 4.64. The average Bonchev–Trinajstić information content (AvgIpc) is 3.07. The summed E-state index contributed by atoms with van der Waals surface area (Å²) in [4.78, 5) is 8.00. The van der Waals surface area contributed by atoms with Gasteiger partial charge in [-0.25, -0.2) is 18.2 Å². The topological polar surface area (TPSA) is 81.3 Å². The minimum atomic E-state index is -3.01. The number of aromatic nitrogens is 3. The van der Waals surface area contributed by atoms with Gasteiger partial charge in [-0.2, -0.15) is 0 Å². The van der Waals surface area contributed by atoms with Crippen molar-refractivity contribution in [2.24, 2.45) is 0 Å². The second-order valence-electron chi connectivity index (χ2n) is 6.87. The molecule has 1 saturated carbocycles. The first-order chi connectivity index (χ1) is 13.2. The summed E-state index contributed by atoms with van der Waals surface area (Å²) in [5, 5.41) is 12.6. The number of hydrogen-bond acceptors (Lipinski definition) is 6. The van der Waals surface area contributed by atoms with Crippen molar-refractivity contribution in [1.29, 1.82) is 0 Å². The molecule has 9 heteroatoms. The molecule has 0 spiro atoms. The summed E-state index contributed by atoms with van der Waals surface area (Å²) in [5.74, 6) is -2.57. The fraction of sp³-hybridized carbons (Fsp3) is 0.316. The predicted octanol–water partition coefficient (Wildman–Crippen LogP) is 4.36. The Balaban J connectivity index is 1.37. The Kier molecular flexibility index (Phi) is 4.24. The molecule has 28 heavy (non-hydrogen) atoms. The van der Waals surface area contributed by atoms with Crippen LogP contribution in [-0.2, 0) is 11.6 Å². The summed E-state index contributed by atoms with van der Waals surface area (Å²) < 4.78 is 52.0. The first-order valence-electron chi connectivity index (χ1n) is 8.55. The lowest BCUT2D eigenvalue weighted by molar-refractivity contribution is -0.0516. The van der Waals surface area contributed by atoms with Gasteiger partial charge in [-0.15, -0.1) is 0 Å². The first kappa shape index (κ1) is 18.3. The molecule has 3 heterocycles. The minimum Gasteiger partial charge on any atom is -0.491 e. The molecule has 0 bridgehead atoms. The predicted molar refractivity (Wildman–Crippen MR) is 91.6 cm³/mol. The molecule has 0 aliphatic heterocycles. The Hall–Kier alpha value is -3.10. The minimum absolute atomic E-state index is 0.0568. The molecular formula is C19H16F3N3O3. The second kappa shape index (κ2) is 6.50. The highest BCUT2D eigenvalue weighted by molar-refractivity contribution is 5.57. The van der Waals surface area contributed by atoms with Crippen LogP contribution in [0.15, 0.2) is 47.2 Å². The molecule has 1 N–H and O–H groups in total. The number of rotatable bonds is 5. The zero-order chi connectivity index (χ0) is 19.9. The van der Waals surface area contributed by atoms with E-state index in [4.69, 9.17) is 9.26 Å². The van der Waals surface area contributed by atoms with E-state index < -0.39 is 17.7 Å². The van der Waals surface area contributed by atoms with Crippen molar-refractivity contribution in [3.8, 4) is 23.1 Å². The molecule has 1 aliphatic rings. The van der Waals surface area contributed by atoms with Gasteiger partial charge in [-0.3, -0.25) is 4.98 Å². The van der Waals surface area contributed by atoms with Crippen LogP contribution in [-0.4, -0.2) is 26.3 Å². The quantitative estimate of drug-likeness (QED) is 0.696. The van der Waals surface area contributed by atoms with E-state index in [0.717, 1.165) is 13.1 Å². The molecule has 0 unspecified atom stereocenters. The number of alkyl halides is 3. The Morgan fingerprint density at radius 2 is 1.96 bits per heavy atom. The van der Waals surface area contributed by atoms with E-state index in [1.54, 1.807) is 12.1 Å². The van der Waals surface area contributed by atoms with Crippen molar-refractivity contribution in [3.05, 3.63) is 54.0 Å². The van der Waals surface area contributed by atoms with Crippen molar-refractivity contribution >= 4 is 0 Å². The van der Waals surface area contributed by atoms with Gasteiger partial charge < -0.3 is 14.4 Å². The number of ether oxygens (including phenoxy) is 1. The highest BCUT2D eigenvalue weighted by Crippen LogP contribution is 2.46. The van der Waals surface area contributed by atoms with Crippen LogP contribution < -0.4 is 4.74 Å². The largest absolute Gasteiger partial charge is 0.491 e. The van der Waals surface area contributed by atoms with Crippen molar-refractivity contribution in [2.75, 3.05) is 0 Å². The number of hydrogen-bond donors (Lipinski definition) is 1. The van der Waals surface area contributed by atoms with Crippen LogP contribution in [0.1, 0.15) is 31.0 Å². The van der Waals surface area contributed by atoms with Gasteiger partial charge >= 0.3 is 0 Å². The van der Waals surface area contributed by atoms with Gasteiger partial charge in [0, 0.05) is 55.4 Å². The smallest absolute Gasteiger partial charge is 0.272 e. The molecule has 0 radical (unpaired) electrons. The lowest BCUT2D eigenvalue weighted by Crippen LogP contribution is -2.45. The summed E-state index contributed by atoms with van der Waals surface area (Å²) in [6.07, 6.45) is 2.21. The van der Waals surface area contributed by atoms with E-state index >= 15 is 0 Å². The van der Waals surface area contributed by atoms with E-state index in [2.05, 4.69) is 15.1 Å². The molecule has 0 saturated heterocycles. The lowest BCUT2D eigenvalue weighted by atomic mass is 9.76. The third-order valence-electron chi connectivity index (χ3n) is 4.64. The SMILES string of the molecule is CC(F)(F)c1ccc([C@]2(F)C[C@H](Oc3ccc(-c4cc(O)no4)cn3)C2)nc1. The molecule has 1 fully saturated rings. The number of pyridine rings is 2. The van der Waals surface area contributed by atoms with E-state index in [-0.39, 0.29) is 30.0 Å². The summed E-state index contributed by atoms with van der Waals surface area (Å²) in [6, 6.07) is 7.12. The van der Waals surface area contributed by atoms with Crippen LogP contribution in [0.2, 0.25) is 0 Å².